The summed E-state index contributed by atoms with van der Waals surface area (Å²) in [4.78, 5) is 17.9. The van der Waals surface area contributed by atoms with E-state index in [-0.39, 0.29) is 24.7 Å². The Hall–Kier alpha value is -3.07. The van der Waals surface area contributed by atoms with Crippen molar-refractivity contribution in [2.45, 2.75) is 63.3 Å². The number of hydrogen-bond donors (Lipinski definition) is 2. The fourth-order valence-electron chi connectivity index (χ4n) is 6.42. The van der Waals surface area contributed by atoms with Gasteiger partial charge in [0.15, 0.2) is 6.29 Å². The maximum atomic E-state index is 12.6. The number of likely N-dealkylation sites (tertiary alicyclic amines) is 2. The number of amides is 1. The number of ether oxygens (including phenoxy) is 2. The molecule has 6 rings (SSSR count). The van der Waals surface area contributed by atoms with E-state index in [2.05, 4.69) is 27.2 Å². The molecule has 3 aliphatic heterocycles. The Kier molecular flexibility index (Phi) is 9.09. The van der Waals surface area contributed by atoms with Crippen molar-refractivity contribution in [2.75, 3.05) is 38.0 Å². The summed E-state index contributed by atoms with van der Waals surface area (Å²) in [5, 5.41) is 12.5. The second-order valence-corrected chi connectivity index (χ2v) is 11.6. The minimum Gasteiger partial charge on any atom is -0.392 e. The molecule has 216 valence electrons. The maximum absolute atomic E-state index is 12.6. The second-order valence-electron chi connectivity index (χ2n) is 11.6. The number of rotatable bonds is 9. The fourth-order valence-corrected chi connectivity index (χ4v) is 6.42. The molecule has 3 fully saturated rings. The highest BCUT2D eigenvalue weighted by Crippen LogP contribution is 2.39. The summed E-state index contributed by atoms with van der Waals surface area (Å²) in [6.07, 6.45) is 5.35. The van der Waals surface area contributed by atoms with Crippen molar-refractivity contribution in [3.8, 4) is 0 Å². The van der Waals surface area contributed by atoms with E-state index in [1.165, 1.54) is 38.8 Å². The molecule has 0 spiro atoms. The number of hydrogen-bond acceptors (Lipinski definition) is 6. The molecule has 1 amide bonds. The summed E-state index contributed by atoms with van der Waals surface area (Å²) in [7, 11) is 0. The molecule has 2 N–H and O–H groups in total. The standard InChI is InChI=1S/C34H41N3O4/c38-24-25-10-12-26(13-11-25)32-21-31(23-37-20-6-9-30(37)22-36-18-4-5-19-36)40-34(41-32)28-14-16-29(17-15-28)35-33(39)27-7-2-1-3-8-27/h1-3,7-8,10-17,30-32,34,38H,4-6,9,18-24H2,(H,35,39)/t30-,31+,32-,34-/m0/s1. The van der Waals surface area contributed by atoms with Crippen LogP contribution < -0.4 is 5.32 Å². The molecule has 0 unspecified atom stereocenters. The molecule has 3 aromatic carbocycles. The monoisotopic (exact) mass is 555 g/mol. The number of benzene rings is 3. The Bertz CT molecular complexity index is 1260. The first-order valence-corrected chi connectivity index (χ1v) is 15.1. The highest BCUT2D eigenvalue weighted by atomic mass is 16.7. The number of nitrogens with one attached hydrogen (secondary N) is 1. The van der Waals surface area contributed by atoms with Gasteiger partial charge in [-0.15, -0.1) is 0 Å². The van der Waals surface area contributed by atoms with Crippen LogP contribution in [-0.4, -0.2) is 65.7 Å². The van der Waals surface area contributed by atoms with Crippen LogP contribution in [0.4, 0.5) is 5.69 Å². The quantitative estimate of drug-likeness (QED) is 0.361. The molecular weight excluding hydrogens is 514 g/mol. The van der Waals surface area contributed by atoms with Gasteiger partial charge in [0.25, 0.3) is 5.91 Å². The molecule has 3 heterocycles. The van der Waals surface area contributed by atoms with E-state index < -0.39 is 6.29 Å². The Labute approximate surface area is 243 Å². The molecule has 3 aromatic rings. The van der Waals surface area contributed by atoms with Crippen LogP contribution in [0.5, 0.6) is 0 Å². The van der Waals surface area contributed by atoms with Gasteiger partial charge in [0.05, 0.1) is 18.8 Å². The Morgan fingerprint density at radius 3 is 2.29 bits per heavy atom. The van der Waals surface area contributed by atoms with Crippen LogP contribution in [0.2, 0.25) is 0 Å². The lowest BCUT2D eigenvalue weighted by atomic mass is 9.99. The number of carbonyl (C=O) groups excluding carboxylic acids is 1. The van der Waals surface area contributed by atoms with Crippen molar-refractivity contribution in [1.29, 1.82) is 0 Å². The highest BCUT2D eigenvalue weighted by molar-refractivity contribution is 6.04. The van der Waals surface area contributed by atoms with Crippen LogP contribution in [0.15, 0.2) is 78.9 Å². The van der Waals surface area contributed by atoms with E-state index in [9.17, 15) is 9.90 Å². The Balaban J connectivity index is 1.16. The van der Waals surface area contributed by atoms with Crippen LogP contribution in [0.3, 0.4) is 0 Å². The van der Waals surface area contributed by atoms with Crippen molar-refractivity contribution in [3.63, 3.8) is 0 Å². The van der Waals surface area contributed by atoms with Crippen molar-refractivity contribution < 1.29 is 19.4 Å². The molecule has 3 aliphatic rings. The van der Waals surface area contributed by atoms with Crippen LogP contribution in [0, 0.1) is 0 Å². The number of nitrogens with zero attached hydrogens (tertiary/aromatic N) is 2. The van der Waals surface area contributed by atoms with E-state index in [0.29, 0.717) is 11.6 Å². The largest absolute Gasteiger partial charge is 0.392 e. The maximum Gasteiger partial charge on any atom is 0.255 e. The third kappa shape index (κ3) is 7.05. The topological polar surface area (TPSA) is 74.3 Å². The molecule has 7 nitrogen and oxygen atoms in total. The lowest BCUT2D eigenvalue weighted by Gasteiger charge is -2.39. The fraction of sp³-hybridized carbons (Fsp3) is 0.441. The van der Waals surface area contributed by atoms with Crippen molar-refractivity contribution in [3.05, 3.63) is 101 Å². The smallest absolute Gasteiger partial charge is 0.255 e. The normalized spacial score (nSPS) is 25.4. The van der Waals surface area contributed by atoms with Gasteiger partial charge in [0.1, 0.15) is 0 Å². The van der Waals surface area contributed by atoms with Crippen molar-refractivity contribution >= 4 is 11.6 Å². The SMILES string of the molecule is O=C(Nc1ccc([C@H]2O[C@@H](CN3CCC[C@H]3CN3CCCC3)C[C@@H](c3ccc(CO)cc3)O2)cc1)c1ccccc1. The van der Waals surface area contributed by atoms with Gasteiger partial charge >= 0.3 is 0 Å². The van der Waals surface area contributed by atoms with E-state index in [1.54, 1.807) is 12.1 Å². The summed E-state index contributed by atoms with van der Waals surface area (Å²) in [6, 6.07) is 25.6. The van der Waals surface area contributed by atoms with E-state index in [0.717, 1.165) is 48.4 Å². The third-order valence-electron chi connectivity index (χ3n) is 8.70. The molecule has 3 saturated heterocycles. The average Bonchev–Trinajstić information content (AvgIpc) is 3.70. The first-order valence-electron chi connectivity index (χ1n) is 15.1. The average molecular weight is 556 g/mol. The number of carbonyl (C=O) groups is 1. The predicted octanol–water partition coefficient (Wildman–Crippen LogP) is 5.54. The van der Waals surface area contributed by atoms with Gasteiger partial charge < -0.3 is 24.8 Å². The Morgan fingerprint density at radius 1 is 0.829 bits per heavy atom. The number of aliphatic hydroxyl groups is 1. The van der Waals surface area contributed by atoms with Crippen molar-refractivity contribution in [1.82, 2.24) is 9.80 Å². The molecule has 0 radical (unpaired) electrons. The summed E-state index contributed by atoms with van der Waals surface area (Å²) in [5.74, 6) is -0.135. The van der Waals surface area contributed by atoms with Gasteiger partial charge in [-0.3, -0.25) is 9.69 Å². The molecule has 0 aliphatic carbocycles. The second kappa shape index (κ2) is 13.3. The van der Waals surface area contributed by atoms with Crippen molar-refractivity contribution in [2.24, 2.45) is 0 Å². The zero-order valence-corrected chi connectivity index (χ0v) is 23.7. The van der Waals surface area contributed by atoms with Gasteiger partial charge in [0.2, 0.25) is 0 Å². The summed E-state index contributed by atoms with van der Waals surface area (Å²) < 4.78 is 13.2. The van der Waals surface area contributed by atoms with E-state index in [1.807, 2.05) is 54.6 Å². The first kappa shape index (κ1) is 28.1. The third-order valence-corrected chi connectivity index (χ3v) is 8.70. The van der Waals surface area contributed by atoms with Gasteiger partial charge in [-0.2, -0.15) is 0 Å². The van der Waals surface area contributed by atoms with E-state index >= 15 is 0 Å². The van der Waals surface area contributed by atoms with Gasteiger partial charge in [-0.25, -0.2) is 0 Å². The molecule has 0 bridgehead atoms. The highest BCUT2D eigenvalue weighted by Gasteiger charge is 2.36. The molecule has 0 aromatic heterocycles. The lowest BCUT2D eigenvalue weighted by molar-refractivity contribution is -0.253. The van der Waals surface area contributed by atoms with Crippen LogP contribution in [0.25, 0.3) is 0 Å². The van der Waals surface area contributed by atoms with Crippen LogP contribution in [0.1, 0.15) is 71.5 Å². The zero-order chi connectivity index (χ0) is 28.0. The molecule has 41 heavy (non-hydrogen) atoms. The van der Waals surface area contributed by atoms with Gasteiger partial charge in [-0.05, 0) is 80.7 Å². The van der Waals surface area contributed by atoms with Crippen LogP contribution in [-0.2, 0) is 16.1 Å². The number of anilines is 1. The minimum atomic E-state index is -0.505. The molecule has 4 atom stereocenters. The lowest BCUT2D eigenvalue weighted by Crippen LogP contribution is -2.45. The Morgan fingerprint density at radius 2 is 1.56 bits per heavy atom. The molecule has 7 heteroatoms. The summed E-state index contributed by atoms with van der Waals surface area (Å²) in [6.45, 7) is 5.67. The van der Waals surface area contributed by atoms with Gasteiger partial charge in [-0.1, -0.05) is 54.6 Å². The zero-order valence-electron chi connectivity index (χ0n) is 23.7. The molecule has 0 saturated carbocycles. The summed E-state index contributed by atoms with van der Waals surface area (Å²) >= 11 is 0. The number of aliphatic hydroxyl groups excluding tert-OH is 1. The first-order chi connectivity index (χ1) is 20.1. The molecular formula is C34H41N3O4. The minimum absolute atomic E-state index is 0.0285. The predicted molar refractivity (Wildman–Crippen MR) is 160 cm³/mol. The summed E-state index contributed by atoms with van der Waals surface area (Å²) in [5.41, 5.74) is 4.27. The van der Waals surface area contributed by atoms with E-state index in [4.69, 9.17) is 9.47 Å². The van der Waals surface area contributed by atoms with Crippen LogP contribution >= 0.6 is 0 Å². The van der Waals surface area contributed by atoms with Gasteiger partial charge in [0, 0.05) is 42.4 Å².